The lowest BCUT2D eigenvalue weighted by Crippen LogP contribution is -2.30. The van der Waals surface area contributed by atoms with Gasteiger partial charge < -0.3 is 0 Å². The predicted octanol–water partition coefficient (Wildman–Crippen LogP) is 4.18. The normalized spacial score (nSPS) is 12.1. The highest BCUT2D eigenvalue weighted by molar-refractivity contribution is 7.98. The summed E-state index contributed by atoms with van der Waals surface area (Å²) in [5.41, 5.74) is 2.66. The Morgan fingerprint density at radius 2 is 1.83 bits per heavy atom. The molecule has 0 saturated heterocycles. The summed E-state index contributed by atoms with van der Waals surface area (Å²) in [6, 6.07) is 13.3. The second-order valence-electron chi connectivity index (χ2n) is 6.46. The highest BCUT2D eigenvalue weighted by Crippen LogP contribution is 2.28. The minimum atomic E-state index is -3.54. The molecule has 0 aliphatic rings. The van der Waals surface area contributed by atoms with E-state index in [0.29, 0.717) is 29.6 Å². The molecular formula is C20H21N5O2S3. The highest BCUT2D eigenvalue weighted by atomic mass is 32.2. The van der Waals surface area contributed by atoms with Gasteiger partial charge in [0.25, 0.3) is 0 Å². The molecular weight excluding hydrogens is 438 g/mol. The van der Waals surface area contributed by atoms with E-state index in [2.05, 4.69) is 10.2 Å². The van der Waals surface area contributed by atoms with Gasteiger partial charge in [-0.25, -0.2) is 13.4 Å². The van der Waals surface area contributed by atoms with E-state index >= 15 is 0 Å². The summed E-state index contributed by atoms with van der Waals surface area (Å²) in [4.78, 5) is 4.94. The van der Waals surface area contributed by atoms with Gasteiger partial charge in [0, 0.05) is 36.0 Å². The molecule has 0 amide bonds. The summed E-state index contributed by atoms with van der Waals surface area (Å²) in [6.45, 7) is 4.51. The van der Waals surface area contributed by atoms with Gasteiger partial charge in [0.15, 0.2) is 10.8 Å². The molecule has 0 aliphatic carbocycles. The Balaban J connectivity index is 1.56. The summed E-state index contributed by atoms with van der Waals surface area (Å²) in [7, 11) is -3.54. The predicted molar refractivity (Wildman–Crippen MR) is 120 cm³/mol. The van der Waals surface area contributed by atoms with Crippen molar-refractivity contribution in [2.24, 2.45) is 0 Å². The Morgan fingerprint density at radius 1 is 1.07 bits per heavy atom. The smallest absolute Gasteiger partial charge is 0.244 e. The fourth-order valence-electron chi connectivity index (χ4n) is 3.04. The van der Waals surface area contributed by atoms with Crippen LogP contribution in [0, 0.1) is 0 Å². The number of benzene rings is 1. The molecule has 0 radical (unpaired) electrons. The van der Waals surface area contributed by atoms with Gasteiger partial charge in [-0.1, -0.05) is 55.9 Å². The first-order chi connectivity index (χ1) is 14.5. The number of nitrogens with zero attached hydrogens (tertiary/aromatic N) is 5. The third kappa shape index (κ3) is 4.13. The Bertz CT molecular complexity index is 1250. The van der Waals surface area contributed by atoms with Crippen molar-refractivity contribution in [3.63, 3.8) is 0 Å². The molecule has 0 aliphatic heterocycles. The average molecular weight is 460 g/mol. The van der Waals surface area contributed by atoms with Gasteiger partial charge in [-0.3, -0.25) is 4.40 Å². The van der Waals surface area contributed by atoms with Crippen LogP contribution in [-0.4, -0.2) is 45.4 Å². The van der Waals surface area contributed by atoms with Crippen LogP contribution in [0.25, 0.3) is 16.2 Å². The van der Waals surface area contributed by atoms with Crippen LogP contribution in [0.2, 0.25) is 0 Å². The SMILES string of the molecule is CCN(CC)S(=O)(=O)c1ccc2nnc(SCc3csc(-c4ccccc4)n3)n2c1. The molecule has 0 bridgehead atoms. The molecule has 4 rings (SSSR count). The van der Waals surface area contributed by atoms with E-state index < -0.39 is 10.0 Å². The lowest BCUT2D eigenvalue weighted by molar-refractivity contribution is 0.445. The molecule has 4 aromatic rings. The number of thioether (sulfide) groups is 1. The maximum Gasteiger partial charge on any atom is 0.244 e. The number of aromatic nitrogens is 4. The standard InChI is InChI=1S/C20H21N5O2S3/c1-3-24(4-2)30(26,27)17-10-11-18-22-23-20(25(18)12-17)29-14-16-13-28-19(21-16)15-8-6-5-7-9-15/h5-13H,3-4,14H2,1-2H3. The topological polar surface area (TPSA) is 80.5 Å². The molecule has 0 fully saturated rings. The zero-order chi connectivity index (χ0) is 21.1. The fourth-order valence-corrected chi connectivity index (χ4v) is 6.24. The number of rotatable bonds is 8. The number of hydrogen-bond acceptors (Lipinski definition) is 7. The Morgan fingerprint density at radius 3 is 2.57 bits per heavy atom. The van der Waals surface area contributed by atoms with Crippen molar-refractivity contribution in [1.82, 2.24) is 23.9 Å². The molecule has 156 valence electrons. The molecule has 0 unspecified atom stereocenters. The van der Waals surface area contributed by atoms with Gasteiger partial charge >= 0.3 is 0 Å². The van der Waals surface area contributed by atoms with E-state index in [1.54, 1.807) is 34.1 Å². The van der Waals surface area contributed by atoms with Gasteiger partial charge in [0.1, 0.15) is 5.01 Å². The van der Waals surface area contributed by atoms with E-state index in [0.717, 1.165) is 16.3 Å². The Labute approximate surface area is 183 Å². The summed E-state index contributed by atoms with van der Waals surface area (Å²) in [5, 5.41) is 12.0. The number of fused-ring (bicyclic) bond motifs is 1. The molecule has 0 spiro atoms. The number of thiazole rings is 1. The Kier molecular flexibility index (Phi) is 6.19. The summed E-state index contributed by atoms with van der Waals surface area (Å²) >= 11 is 3.09. The van der Waals surface area contributed by atoms with Crippen LogP contribution in [-0.2, 0) is 15.8 Å². The van der Waals surface area contributed by atoms with Crippen molar-refractivity contribution >= 4 is 38.8 Å². The molecule has 3 aromatic heterocycles. The number of hydrogen-bond donors (Lipinski definition) is 0. The molecule has 1 aromatic carbocycles. The van der Waals surface area contributed by atoms with Crippen LogP contribution >= 0.6 is 23.1 Å². The van der Waals surface area contributed by atoms with E-state index in [-0.39, 0.29) is 4.90 Å². The molecule has 0 N–H and O–H groups in total. The van der Waals surface area contributed by atoms with Gasteiger partial charge in [-0.2, -0.15) is 4.31 Å². The van der Waals surface area contributed by atoms with Crippen molar-refractivity contribution in [3.05, 3.63) is 59.7 Å². The zero-order valence-electron chi connectivity index (χ0n) is 16.6. The van der Waals surface area contributed by atoms with E-state index in [4.69, 9.17) is 4.98 Å². The maximum atomic E-state index is 12.8. The van der Waals surface area contributed by atoms with Crippen LogP contribution in [0.15, 0.2) is 64.1 Å². The molecule has 0 atom stereocenters. The largest absolute Gasteiger partial charge is 0.276 e. The molecule has 3 heterocycles. The summed E-state index contributed by atoms with van der Waals surface area (Å²) in [6.07, 6.45) is 1.60. The first-order valence-corrected chi connectivity index (χ1v) is 12.8. The highest BCUT2D eigenvalue weighted by Gasteiger charge is 2.22. The van der Waals surface area contributed by atoms with E-state index in [1.165, 1.54) is 16.1 Å². The van der Waals surface area contributed by atoms with Gasteiger partial charge in [0.05, 0.1) is 10.6 Å². The molecule has 0 saturated carbocycles. The van der Waals surface area contributed by atoms with Crippen molar-refractivity contribution in [2.45, 2.75) is 29.7 Å². The lowest BCUT2D eigenvalue weighted by atomic mass is 10.2. The zero-order valence-corrected chi connectivity index (χ0v) is 19.0. The maximum absolute atomic E-state index is 12.8. The molecule has 7 nitrogen and oxygen atoms in total. The third-order valence-corrected chi connectivity index (χ3v) is 8.56. The van der Waals surface area contributed by atoms with E-state index in [9.17, 15) is 8.42 Å². The van der Waals surface area contributed by atoms with Crippen LogP contribution in [0.3, 0.4) is 0 Å². The summed E-state index contributed by atoms with van der Waals surface area (Å²) < 4.78 is 28.9. The van der Waals surface area contributed by atoms with Crippen LogP contribution < -0.4 is 0 Å². The monoisotopic (exact) mass is 459 g/mol. The lowest BCUT2D eigenvalue weighted by Gasteiger charge is -2.18. The first kappa shape index (κ1) is 21.0. The van der Waals surface area contributed by atoms with Crippen molar-refractivity contribution in [2.75, 3.05) is 13.1 Å². The second kappa shape index (κ2) is 8.84. The third-order valence-electron chi connectivity index (χ3n) is 4.61. The minimum absolute atomic E-state index is 0.236. The Hall–Kier alpha value is -2.27. The summed E-state index contributed by atoms with van der Waals surface area (Å²) in [5.74, 6) is 0.622. The molecule has 30 heavy (non-hydrogen) atoms. The van der Waals surface area contributed by atoms with Crippen LogP contribution in [0.1, 0.15) is 19.5 Å². The van der Waals surface area contributed by atoms with E-state index in [1.807, 2.05) is 49.6 Å². The van der Waals surface area contributed by atoms with Crippen LogP contribution in [0.5, 0.6) is 0 Å². The van der Waals surface area contributed by atoms with Crippen molar-refractivity contribution in [3.8, 4) is 10.6 Å². The van der Waals surface area contributed by atoms with Crippen molar-refractivity contribution in [1.29, 1.82) is 0 Å². The van der Waals surface area contributed by atoms with Crippen LogP contribution in [0.4, 0.5) is 0 Å². The van der Waals surface area contributed by atoms with Gasteiger partial charge in [-0.15, -0.1) is 21.5 Å². The minimum Gasteiger partial charge on any atom is -0.276 e. The number of sulfonamides is 1. The fraction of sp³-hybridized carbons (Fsp3) is 0.250. The van der Waals surface area contributed by atoms with Gasteiger partial charge in [0.2, 0.25) is 10.0 Å². The first-order valence-electron chi connectivity index (χ1n) is 9.50. The van der Waals surface area contributed by atoms with Gasteiger partial charge in [-0.05, 0) is 12.1 Å². The quantitative estimate of drug-likeness (QED) is 0.368. The average Bonchev–Trinajstić information content (AvgIpc) is 3.40. The van der Waals surface area contributed by atoms with Crippen molar-refractivity contribution < 1.29 is 8.42 Å². The second-order valence-corrected chi connectivity index (χ2v) is 10.2. The molecule has 10 heteroatoms. The number of pyridine rings is 1.